The van der Waals surface area contributed by atoms with Crippen molar-refractivity contribution in [2.75, 3.05) is 25.0 Å². The van der Waals surface area contributed by atoms with E-state index in [0.29, 0.717) is 5.92 Å². The van der Waals surface area contributed by atoms with Crippen molar-refractivity contribution in [3.05, 3.63) is 29.3 Å². The van der Waals surface area contributed by atoms with Crippen molar-refractivity contribution in [3.63, 3.8) is 0 Å². The number of anilines is 1. The molecule has 0 saturated carbocycles. The normalized spacial score (nSPS) is 17.1. The van der Waals surface area contributed by atoms with Crippen LogP contribution in [-0.2, 0) is 12.8 Å². The van der Waals surface area contributed by atoms with Crippen LogP contribution < -0.4 is 10.6 Å². The summed E-state index contributed by atoms with van der Waals surface area (Å²) in [4.78, 5) is 2.40. The molecule has 0 fully saturated rings. The molecule has 2 N–H and O–H groups in total. The fraction of sp³-hybridized carbons (Fsp3) is 0.571. The van der Waals surface area contributed by atoms with Crippen molar-refractivity contribution < 1.29 is 0 Å². The summed E-state index contributed by atoms with van der Waals surface area (Å²) in [5, 5.41) is 0. The Balaban J connectivity index is 2.31. The molecule has 0 aromatic heterocycles. The molecular weight excluding hydrogens is 196 g/mol. The van der Waals surface area contributed by atoms with E-state index in [1.54, 1.807) is 0 Å². The first-order chi connectivity index (χ1) is 7.72. The number of rotatable bonds is 3. The van der Waals surface area contributed by atoms with Crippen LogP contribution in [0.1, 0.15) is 24.5 Å². The van der Waals surface area contributed by atoms with Crippen LogP contribution in [0.3, 0.4) is 0 Å². The molecule has 0 aliphatic carbocycles. The molecule has 2 heteroatoms. The number of benzene rings is 1. The minimum atomic E-state index is 0.571. The number of para-hydroxylation sites is 1. The van der Waals surface area contributed by atoms with Gasteiger partial charge < -0.3 is 10.6 Å². The highest BCUT2D eigenvalue weighted by molar-refractivity contribution is 5.61. The van der Waals surface area contributed by atoms with E-state index in [4.69, 9.17) is 5.73 Å². The molecule has 1 aliphatic heterocycles. The van der Waals surface area contributed by atoms with Crippen LogP contribution in [0, 0.1) is 5.92 Å². The van der Waals surface area contributed by atoms with Gasteiger partial charge in [-0.2, -0.15) is 0 Å². The molecule has 0 saturated heterocycles. The Morgan fingerprint density at radius 1 is 1.44 bits per heavy atom. The molecule has 1 aromatic carbocycles. The predicted octanol–water partition coefficient (Wildman–Crippen LogP) is 2.21. The van der Waals surface area contributed by atoms with Crippen molar-refractivity contribution >= 4 is 5.69 Å². The van der Waals surface area contributed by atoms with Gasteiger partial charge in [-0.3, -0.25) is 0 Å². The first-order valence-electron chi connectivity index (χ1n) is 6.24. The highest BCUT2D eigenvalue weighted by atomic mass is 15.1. The van der Waals surface area contributed by atoms with Gasteiger partial charge in [0.1, 0.15) is 0 Å². The summed E-state index contributed by atoms with van der Waals surface area (Å²) in [7, 11) is 2.20. The largest absolute Gasteiger partial charge is 0.374 e. The van der Waals surface area contributed by atoms with Crippen LogP contribution in [0.5, 0.6) is 0 Å². The number of hydrogen-bond donors (Lipinski definition) is 1. The summed E-state index contributed by atoms with van der Waals surface area (Å²) < 4.78 is 0. The van der Waals surface area contributed by atoms with E-state index in [9.17, 15) is 0 Å². The Hall–Kier alpha value is -1.02. The van der Waals surface area contributed by atoms with Crippen molar-refractivity contribution in [2.24, 2.45) is 11.7 Å². The average molecular weight is 218 g/mol. The molecule has 0 amide bonds. The van der Waals surface area contributed by atoms with Gasteiger partial charge in [0.25, 0.3) is 0 Å². The molecular formula is C14H22N2. The number of aryl methyl sites for hydroxylation is 1. The van der Waals surface area contributed by atoms with E-state index < -0.39 is 0 Å². The van der Waals surface area contributed by atoms with Gasteiger partial charge in [-0.25, -0.2) is 0 Å². The van der Waals surface area contributed by atoms with Gasteiger partial charge in [0.2, 0.25) is 0 Å². The van der Waals surface area contributed by atoms with Gasteiger partial charge in [0, 0.05) is 19.3 Å². The third-order valence-electron chi connectivity index (χ3n) is 3.50. The second kappa shape index (κ2) is 4.88. The molecule has 1 unspecified atom stereocenters. The standard InChI is InChI=1S/C14H22N2/c1-11(10-15)9-13-6-3-5-12-7-4-8-16(2)14(12)13/h3,5-6,11H,4,7-10,15H2,1-2H3. The molecule has 1 heterocycles. The molecule has 0 radical (unpaired) electrons. The lowest BCUT2D eigenvalue weighted by atomic mass is 9.93. The van der Waals surface area contributed by atoms with Gasteiger partial charge in [0.15, 0.2) is 0 Å². The SMILES string of the molecule is CC(CN)Cc1cccc2c1N(C)CCC2. The van der Waals surface area contributed by atoms with Crippen molar-refractivity contribution in [3.8, 4) is 0 Å². The van der Waals surface area contributed by atoms with E-state index in [-0.39, 0.29) is 0 Å². The molecule has 16 heavy (non-hydrogen) atoms. The maximum Gasteiger partial charge on any atom is 0.0428 e. The fourth-order valence-corrected chi connectivity index (χ4v) is 2.58. The molecule has 1 aromatic rings. The van der Waals surface area contributed by atoms with Gasteiger partial charge in [0.05, 0.1) is 0 Å². The summed E-state index contributed by atoms with van der Waals surface area (Å²) in [6.07, 6.45) is 3.61. The summed E-state index contributed by atoms with van der Waals surface area (Å²) in [5.41, 5.74) is 10.2. The van der Waals surface area contributed by atoms with E-state index in [1.807, 2.05) is 0 Å². The maximum absolute atomic E-state index is 5.72. The lowest BCUT2D eigenvalue weighted by molar-refractivity contribution is 0.590. The van der Waals surface area contributed by atoms with Crippen molar-refractivity contribution in [1.82, 2.24) is 0 Å². The third kappa shape index (κ3) is 2.22. The Labute approximate surface area is 98.4 Å². The highest BCUT2D eigenvalue weighted by Gasteiger charge is 2.17. The highest BCUT2D eigenvalue weighted by Crippen LogP contribution is 2.31. The van der Waals surface area contributed by atoms with E-state index >= 15 is 0 Å². The van der Waals surface area contributed by atoms with Crippen LogP contribution in [0.15, 0.2) is 18.2 Å². The zero-order valence-corrected chi connectivity index (χ0v) is 10.4. The summed E-state index contributed by atoms with van der Waals surface area (Å²) in [6.45, 7) is 4.18. The lowest BCUT2D eigenvalue weighted by Gasteiger charge is -2.30. The zero-order chi connectivity index (χ0) is 11.5. The molecule has 0 bridgehead atoms. The Bertz CT molecular complexity index is 360. The summed E-state index contributed by atoms with van der Waals surface area (Å²) in [6, 6.07) is 6.71. The van der Waals surface area contributed by atoms with Crippen LogP contribution in [-0.4, -0.2) is 20.1 Å². The first kappa shape index (κ1) is 11.5. The predicted molar refractivity (Wildman–Crippen MR) is 70.0 cm³/mol. The summed E-state index contributed by atoms with van der Waals surface area (Å²) in [5.74, 6) is 0.571. The average Bonchev–Trinajstić information content (AvgIpc) is 2.29. The second-order valence-corrected chi connectivity index (χ2v) is 4.99. The number of nitrogens with two attached hydrogens (primary N) is 1. The molecule has 2 rings (SSSR count). The Morgan fingerprint density at radius 2 is 2.25 bits per heavy atom. The number of hydrogen-bond acceptors (Lipinski definition) is 2. The molecule has 88 valence electrons. The fourth-order valence-electron chi connectivity index (χ4n) is 2.58. The van der Waals surface area contributed by atoms with Crippen LogP contribution in [0.25, 0.3) is 0 Å². The van der Waals surface area contributed by atoms with Gasteiger partial charge in [-0.1, -0.05) is 25.1 Å². The van der Waals surface area contributed by atoms with E-state index in [2.05, 4.69) is 37.1 Å². The molecule has 2 nitrogen and oxygen atoms in total. The summed E-state index contributed by atoms with van der Waals surface area (Å²) >= 11 is 0. The lowest BCUT2D eigenvalue weighted by Crippen LogP contribution is -2.26. The minimum Gasteiger partial charge on any atom is -0.374 e. The zero-order valence-electron chi connectivity index (χ0n) is 10.4. The van der Waals surface area contributed by atoms with Gasteiger partial charge in [-0.15, -0.1) is 0 Å². The van der Waals surface area contributed by atoms with Crippen molar-refractivity contribution in [2.45, 2.75) is 26.2 Å². The van der Waals surface area contributed by atoms with Crippen molar-refractivity contribution in [1.29, 1.82) is 0 Å². The molecule has 1 aliphatic rings. The molecule has 0 spiro atoms. The van der Waals surface area contributed by atoms with E-state index in [1.165, 1.54) is 36.2 Å². The van der Waals surface area contributed by atoms with Crippen LogP contribution >= 0.6 is 0 Å². The van der Waals surface area contributed by atoms with Gasteiger partial charge in [-0.05, 0) is 42.9 Å². The topological polar surface area (TPSA) is 29.3 Å². The minimum absolute atomic E-state index is 0.571. The number of nitrogens with zero attached hydrogens (tertiary/aromatic N) is 1. The Morgan fingerprint density at radius 3 is 3.00 bits per heavy atom. The smallest absolute Gasteiger partial charge is 0.0428 e. The van der Waals surface area contributed by atoms with E-state index in [0.717, 1.165) is 13.0 Å². The van der Waals surface area contributed by atoms with Crippen LogP contribution in [0.2, 0.25) is 0 Å². The van der Waals surface area contributed by atoms with Crippen LogP contribution in [0.4, 0.5) is 5.69 Å². The maximum atomic E-state index is 5.72. The monoisotopic (exact) mass is 218 g/mol. The number of fused-ring (bicyclic) bond motifs is 1. The molecule has 1 atom stereocenters. The second-order valence-electron chi connectivity index (χ2n) is 4.99. The third-order valence-corrected chi connectivity index (χ3v) is 3.50. The quantitative estimate of drug-likeness (QED) is 0.843. The first-order valence-corrected chi connectivity index (χ1v) is 6.24. The Kier molecular flexibility index (Phi) is 3.49. The van der Waals surface area contributed by atoms with Gasteiger partial charge >= 0.3 is 0 Å².